The molecule has 0 aliphatic heterocycles. The molecule has 1 atom stereocenters. The van der Waals surface area contributed by atoms with Crippen molar-refractivity contribution in [3.05, 3.63) is 28.2 Å². The van der Waals surface area contributed by atoms with Gasteiger partial charge in [-0.3, -0.25) is 0 Å². The summed E-state index contributed by atoms with van der Waals surface area (Å²) in [5.74, 6) is -1.54. The average Bonchev–Trinajstić information content (AvgIpc) is 3.14. The summed E-state index contributed by atoms with van der Waals surface area (Å²) >= 11 is 2.79. The Morgan fingerprint density at radius 3 is 2.50 bits per heavy atom. The Balaban J connectivity index is 0.00000200. The molecule has 20 heavy (non-hydrogen) atoms. The van der Waals surface area contributed by atoms with Crippen LogP contribution in [0, 0.1) is 17.6 Å². The molecule has 0 amide bonds. The lowest BCUT2D eigenvalue weighted by atomic mass is 10.2. The summed E-state index contributed by atoms with van der Waals surface area (Å²) in [5, 5.41) is 0. The Hall–Kier alpha value is -0.280. The summed E-state index contributed by atoms with van der Waals surface area (Å²) in [6, 6.07) is 1.13. The fourth-order valence-corrected chi connectivity index (χ4v) is 3.14. The van der Waals surface area contributed by atoms with Gasteiger partial charge in [0.2, 0.25) is 10.0 Å². The second-order valence-electron chi connectivity index (χ2n) is 4.55. The van der Waals surface area contributed by atoms with Crippen molar-refractivity contribution in [2.75, 3.05) is 6.54 Å². The normalized spacial score (nSPS) is 16.6. The van der Waals surface area contributed by atoms with Crippen LogP contribution < -0.4 is 10.5 Å². The number of sulfonamides is 1. The van der Waals surface area contributed by atoms with Gasteiger partial charge >= 0.3 is 0 Å². The van der Waals surface area contributed by atoms with E-state index in [1.807, 2.05) is 0 Å². The fourth-order valence-electron chi connectivity index (χ4n) is 1.68. The lowest BCUT2D eigenvalue weighted by molar-refractivity contribution is 0.529. The number of nitrogens with two attached hydrogens (primary N) is 1. The third kappa shape index (κ3) is 4.11. The molecule has 0 aromatic heterocycles. The van der Waals surface area contributed by atoms with Gasteiger partial charge in [0.15, 0.2) is 0 Å². The molecule has 0 heterocycles. The first-order valence-electron chi connectivity index (χ1n) is 5.71. The van der Waals surface area contributed by atoms with E-state index >= 15 is 0 Å². The SMILES string of the molecule is Cl.NC(CNS(=O)(=O)c1cc(F)c(Br)cc1F)C1CC1. The van der Waals surface area contributed by atoms with Crippen LogP contribution in [0.15, 0.2) is 21.5 Å². The first-order valence-corrected chi connectivity index (χ1v) is 7.98. The average molecular weight is 392 g/mol. The third-order valence-electron chi connectivity index (χ3n) is 3.00. The highest BCUT2D eigenvalue weighted by molar-refractivity contribution is 9.10. The summed E-state index contributed by atoms with van der Waals surface area (Å²) in [6.07, 6.45) is 1.95. The summed E-state index contributed by atoms with van der Waals surface area (Å²) in [7, 11) is -4.10. The Bertz CT molecular complexity index is 596. The van der Waals surface area contributed by atoms with Crippen molar-refractivity contribution >= 4 is 38.4 Å². The van der Waals surface area contributed by atoms with Crippen LogP contribution in [0.5, 0.6) is 0 Å². The van der Waals surface area contributed by atoms with Crippen molar-refractivity contribution in [2.24, 2.45) is 11.7 Å². The molecule has 114 valence electrons. The van der Waals surface area contributed by atoms with Crippen LogP contribution in [-0.4, -0.2) is 21.0 Å². The van der Waals surface area contributed by atoms with Gasteiger partial charge in [0, 0.05) is 12.6 Å². The van der Waals surface area contributed by atoms with Crippen LogP contribution in [0.4, 0.5) is 8.78 Å². The van der Waals surface area contributed by atoms with Crippen LogP contribution in [0.3, 0.4) is 0 Å². The molecular weight excluding hydrogens is 378 g/mol. The van der Waals surface area contributed by atoms with Crippen LogP contribution in [0.2, 0.25) is 0 Å². The molecule has 0 radical (unpaired) electrons. The highest BCUT2D eigenvalue weighted by Crippen LogP contribution is 2.31. The van der Waals surface area contributed by atoms with Crippen molar-refractivity contribution in [1.82, 2.24) is 4.72 Å². The zero-order chi connectivity index (χ0) is 14.2. The van der Waals surface area contributed by atoms with E-state index < -0.39 is 26.6 Å². The molecule has 2 rings (SSSR count). The smallest absolute Gasteiger partial charge is 0.243 e. The van der Waals surface area contributed by atoms with Gasteiger partial charge in [0.1, 0.15) is 16.5 Å². The Morgan fingerprint density at radius 1 is 1.35 bits per heavy atom. The molecule has 0 bridgehead atoms. The van der Waals surface area contributed by atoms with Gasteiger partial charge in [-0.2, -0.15) is 0 Å². The predicted molar refractivity (Wildman–Crippen MR) is 77.2 cm³/mol. The fraction of sp³-hybridized carbons (Fsp3) is 0.455. The van der Waals surface area contributed by atoms with Crippen LogP contribution in [0.25, 0.3) is 0 Å². The summed E-state index contributed by atoms with van der Waals surface area (Å²) in [5.41, 5.74) is 5.75. The summed E-state index contributed by atoms with van der Waals surface area (Å²) in [4.78, 5) is -0.712. The molecule has 0 spiro atoms. The van der Waals surface area contributed by atoms with Crippen molar-refractivity contribution in [1.29, 1.82) is 0 Å². The first-order chi connectivity index (χ1) is 8.81. The molecule has 1 aliphatic rings. The molecule has 4 nitrogen and oxygen atoms in total. The zero-order valence-electron chi connectivity index (χ0n) is 10.3. The standard InChI is InChI=1S/C11H13BrF2N2O2S.ClH/c12-7-3-9(14)11(4-8(7)13)19(17,18)16-5-10(15)6-1-2-6;/h3-4,6,10,16H,1-2,5,15H2;1H. The zero-order valence-corrected chi connectivity index (χ0v) is 13.5. The molecule has 1 aliphatic carbocycles. The molecule has 1 saturated carbocycles. The monoisotopic (exact) mass is 390 g/mol. The lowest BCUT2D eigenvalue weighted by Crippen LogP contribution is -2.38. The largest absolute Gasteiger partial charge is 0.326 e. The minimum absolute atomic E-state index is 0. The molecule has 1 unspecified atom stereocenters. The molecule has 0 saturated heterocycles. The van der Waals surface area contributed by atoms with Gasteiger partial charge < -0.3 is 5.73 Å². The summed E-state index contributed by atoms with van der Waals surface area (Å²) < 4.78 is 52.7. The molecule has 3 N–H and O–H groups in total. The first kappa shape index (κ1) is 17.8. The molecule has 1 fully saturated rings. The van der Waals surface area contributed by atoms with Gasteiger partial charge in [-0.1, -0.05) is 0 Å². The maximum Gasteiger partial charge on any atom is 0.243 e. The maximum absolute atomic E-state index is 13.6. The van der Waals surface area contributed by atoms with E-state index in [1.165, 1.54) is 0 Å². The van der Waals surface area contributed by atoms with Crippen molar-refractivity contribution in [3.8, 4) is 0 Å². The minimum Gasteiger partial charge on any atom is -0.326 e. The predicted octanol–water partition coefficient (Wildman–Crippen LogP) is 2.16. The number of halogens is 4. The maximum atomic E-state index is 13.6. The third-order valence-corrected chi connectivity index (χ3v) is 5.05. The van der Waals surface area contributed by atoms with Crippen molar-refractivity contribution in [2.45, 2.75) is 23.8 Å². The Morgan fingerprint density at radius 2 is 1.95 bits per heavy atom. The number of hydrogen-bond acceptors (Lipinski definition) is 3. The highest BCUT2D eigenvalue weighted by atomic mass is 79.9. The second-order valence-corrected chi connectivity index (χ2v) is 7.14. The van der Waals surface area contributed by atoms with E-state index in [0.29, 0.717) is 12.0 Å². The molecular formula is C11H14BrClF2N2O2S. The van der Waals surface area contributed by atoms with E-state index in [9.17, 15) is 17.2 Å². The number of nitrogens with one attached hydrogen (secondary N) is 1. The van der Waals surface area contributed by atoms with Crippen molar-refractivity contribution < 1.29 is 17.2 Å². The summed E-state index contributed by atoms with van der Waals surface area (Å²) in [6.45, 7) is 0.0180. The van der Waals surface area contributed by atoms with E-state index in [-0.39, 0.29) is 29.5 Å². The second kappa shape index (κ2) is 6.65. The van der Waals surface area contributed by atoms with Gasteiger partial charge in [-0.05, 0) is 46.8 Å². The Labute approximate surface area is 130 Å². The van der Waals surface area contributed by atoms with Gasteiger partial charge in [0.05, 0.1) is 4.47 Å². The van der Waals surface area contributed by atoms with E-state index in [1.54, 1.807) is 0 Å². The Kier molecular flexibility index (Phi) is 5.91. The number of hydrogen-bond donors (Lipinski definition) is 2. The number of benzene rings is 1. The van der Waals surface area contributed by atoms with E-state index in [0.717, 1.165) is 18.9 Å². The minimum atomic E-state index is -4.10. The van der Waals surface area contributed by atoms with E-state index in [2.05, 4.69) is 20.7 Å². The van der Waals surface area contributed by atoms with Gasteiger partial charge in [-0.25, -0.2) is 21.9 Å². The molecule has 1 aromatic carbocycles. The van der Waals surface area contributed by atoms with Gasteiger partial charge in [-0.15, -0.1) is 12.4 Å². The van der Waals surface area contributed by atoms with Crippen LogP contribution in [0.1, 0.15) is 12.8 Å². The van der Waals surface area contributed by atoms with Crippen LogP contribution >= 0.6 is 28.3 Å². The van der Waals surface area contributed by atoms with Crippen LogP contribution in [-0.2, 0) is 10.0 Å². The topological polar surface area (TPSA) is 72.2 Å². The molecule has 9 heteroatoms. The quantitative estimate of drug-likeness (QED) is 0.756. The van der Waals surface area contributed by atoms with E-state index in [4.69, 9.17) is 5.73 Å². The lowest BCUT2D eigenvalue weighted by Gasteiger charge is -2.12. The number of rotatable bonds is 5. The van der Waals surface area contributed by atoms with Crippen molar-refractivity contribution in [3.63, 3.8) is 0 Å². The van der Waals surface area contributed by atoms with Gasteiger partial charge in [0.25, 0.3) is 0 Å². The highest BCUT2D eigenvalue weighted by Gasteiger charge is 2.30. The molecule has 1 aromatic rings.